The zero-order valence-electron chi connectivity index (χ0n) is 8.79. The van der Waals surface area contributed by atoms with Crippen LogP contribution in [0.2, 0.25) is 0 Å². The number of rotatable bonds is 3. The summed E-state index contributed by atoms with van der Waals surface area (Å²) in [4.78, 5) is 0. The summed E-state index contributed by atoms with van der Waals surface area (Å²) in [7, 11) is 0. The van der Waals surface area contributed by atoms with Gasteiger partial charge in [0.2, 0.25) is 0 Å². The van der Waals surface area contributed by atoms with Crippen molar-refractivity contribution in [3.05, 3.63) is 59.7 Å². The first-order valence-corrected chi connectivity index (χ1v) is 6.10. The van der Waals surface area contributed by atoms with Crippen LogP contribution in [-0.4, -0.2) is 0 Å². The Morgan fingerprint density at radius 1 is 1.00 bits per heavy atom. The van der Waals surface area contributed by atoms with Crippen LogP contribution in [0.5, 0.6) is 11.5 Å². The molecule has 0 fully saturated rings. The topological polar surface area (TPSA) is 9.23 Å². The van der Waals surface area contributed by atoms with Crippen LogP contribution in [0.25, 0.3) is 0 Å². The lowest BCUT2D eigenvalue weighted by atomic mass is 10.2. The highest BCUT2D eigenvalue weighted by atomic mass is 79.9. The zero-order chi connectivity index (χ0) is 12.3. The van der Waals surface area contributed by atoms with Crippen LogP contribution >= 0.6 is 15.9 Å². The molecule has 0 aromatic heterocycles. The first-order valence-electron chi connectivity index (χ1n) is 4.98. The van der Waals surface area contributed by atoms with Gasteiger partial charge >= 0.3 is 0 Å². The van der Waals surface area contributed by atoms with Gasteiger partial charge in [0.25, 0.3) is 0 Å². The van der Waals surface area contributed by atoms with Gasteiger partial charge < -0.3 is 4.74 Å². The number of benzene rings is 2. The lowest BCUT2D eigenvalue weighted by Crippen LogP contribution is -1.96. The molecule has 0 saturated carbocycles. The second-order valence-corrected chi connectivity index (χ2v) is 3.96. The first-order chi connectivity index (χ1) is 8.22. The van der Waals surface area contributed by atoms with Crippen molar-refractivity contribution in [1.82, 2.24) is 0 Å². The third-order valence-electron chi connectivity index (χ3n) is 2.24. The molecular formula is C13H9BrF2O. The van der Waals surface area contributed by atoms with Gasteiger partial charge in [-0.15, -0.1) is 0 Å². The van der Waals surface area contributed by atoms with E-state index in [1.54, 1.807) is 30.3 Å². The van der Waals surface area contributed by atoms with E-state index in [2.05, 4.69) is 15.9 Å². The molecule has 2 aromatic carbocycles. The molecule has 2 rings (SSSR count). The van der Waals surface area contributed by atoms with Gasteiger partial charge in [-0.3, -0.25) is 0 Å². The average Bonchev–Trinajstić information content (AvgIpc) is 2.36. The molecule has 0 saturated heterocycles. The zero-order valence-corrected chi connectivity index (χ0v) is 10.4. The Morgan fingerprint density at radius 2 is 1.71 bits per heavy atom. The number of ether oxygens (including phenoxy) is 1. The lowest BCUT2D eigenvalue weighted by Gasteiger charge is -2.09. The van der Waals surface area contributed by atoms with Gasteiger partial charge in [-0.2, -0.15) is 0 Å². The maximum Gasteiger partial charge on any atom is 0.198 e. The van der Waals surface area contributed by atoms with Crippen molar-refractivity contribution < 1.29 is 13.5 Å². The molecule has 0 N–H and O–H groups in total. The van der Waals surface area contributed by atoms with Gasteiger partial charge in [0.1, 0.15) is 5.75 Å². The standard InChI is InChI=1S/C13H9BrF2O/c14-8-9-6-7-11(15)13(12(9)16)17-10-4-2-1-3-5-10/h1-7H,8H2. The van der Waals surface area contributed by atoms with Crippen molar-refractivity contribution in [2.45, 2.75) is 5.33 Å². The van der Waals surface area contributed by atoms with Gasteiger partial charge in [0, 0.05) is 10.9 Å². The molecule has 0 heterocycles. The summed E-state index contributed by atoms with van der Waals surface area (Å²) in [6.45, 7) is 0. The summed E-state index contributed by atoms with van der Waals surface area (Å²) >= 11 is 3.13. The predicted molar refractivity (Wildman–Crippen MR) is 65.5 cm³/mol. The quantitative estimate of drug-likeness (QED) is 0.749. The van der Waals surface area contributed by atoms with E-state index in [1.165, 1.54) is 12.1 Å². The Labute approximate surface area is 106 Å². The molecule has 0 aliphatic carbocycles. The molecule has 0 amide bonds. The van der Waals surface area contributed by atoms with Gasteiger partial charge in [-0.25, -0.2) is 8.78 Å². The van der Waals surface area contributed by atoms with E-state index in [-0.39, 0.29) is 5.75 Å². The summed E-state index contributed by atoms with van der Waals surface area (Å²) in [5.74, 6) is -1.35. The van der Waals surface area contributed by atoms with Crippen molar-refractivity contribution >= 4 is 15.9 Å². The van der Waals surface area contributed by atoms with Gasteiger partial charge in [-0.1, -0.05) is 40.2 Å². The summed E-state index contributed by atoms with van der Waals surface area (Å²) in [6, 6.07) is 11.1. The largest absolute Gasteiger partial charge is 0.451 e. The molecule has 4 heteroatoms. The molecule has 0 spiro atoms. The molecule has 0 radical (unpaired) electrons. The van der Waals surface area contributed by atoms with E-state index < -0.39 is 11.6 Å². The highest BCUT2D eigenvalue weighted by Crippen LogP contribution is 2.30. The van der Waals surface area contributed by atoms with Crippen molar-refractivity contribution in [1.29, 1.82) is 0 Å². The second kappa shape index (κ2) is 5.27. The minimum atomic E-state index is -0.712. The first kappa shape index (κ1) is 12.0. The molecule has 0 atom stereocenters. The third-order valence-corrected chi connectivity index (χ3v) is 2.84. The summed E-state index contributed by atoms with van der Waals surface area (Å²) in [5, 5.41) is 0.310. The SMILES string of the molecule is Fc1ccc(CBr)c(F)c1Oc1ccccc1. The molecule has 88 valence electrons. The number of hydrogen-bond acceptors (Lipinski definition) is 1. The van der Waals surface area contributed by atoms with E-state index in [9.17, 15) is 8.78 Å². The molecule has 0 bridgehead atoms. The molecule has 0 aliphatic heterocycles. The van der Waals surface area contributed by atoms with Crippen LogP contribution < -0.4 is 4.74 Å². The second-order valence-electron chi connectivity index (χ2n) is 3.40. The van der Waals surface area contributed by atoms with Crippen molar-refractivity contribution in [3.63, 3.8) is 0 Å². The maximum absolute atomic E-state index is 13.8. The average molecular weight is 299 g/mol. The molecule has 17 heavy (non-hydrogen) atoms. The number of para-hydroxylation sites is 1. The van der Waals surface area contributed by atoms with Crippen LogP contribution in [0.3, 0.4) is 0 Å². The Morgan fingerprint density at radius 3 is 2.35 bits per heavy atom. The fourth-order valence-electron chi connectivity index (χ4n) is 1.38. The Kier molecular flexibility index (Phi) is 3.74. The van der Waals surface area contributed by atoms with Crippen molar-refractivity contribution in [2.75, 3.05) is 0 Å². The van der Waals surface area contributed by atoms with Crippen LogP contribution in [-0.2, 0) is 5.33 Å². The van der Waals surface area contributed by atoms with Gasteiger partial charge in [-0.05, 0) is 18.2 Å². The lowest BCUT2D eigenvalue weighted by molar-refractivity contribution is 0.405. The smallest absolute Gasteiger partial charge is 0.198 e. The number of hydrogen-bond donors (Lipinski definition) is 0. The van der Waals surface area contributed by atoms with Crippen LogP contribution in [0.4, 0.5) is 8.78 Å². The van der Waals surface area contributed by atoms with Crippen molar-refractivity contribution in [2.24, 2.45) is 0 Å². The van der Waals surface area contributed by atoms with Crippen LogP contribution in [0.15, 0.2) is 42.5 Å². The third kappa shape index (κ3) is 2.64. The van der Waals surface area contributed by atoms with E-state index in [0.717, 1.165) is 0 Å². The highest BCUT2D eigenvalue weighted by Gasteiger charge is 2.15. The fraction of sp³-hybridized carbons (Fsp3) is 0.0769. The Bertz CT molecular complexity index is 514. The Hall–Kier alpha value is -1.42. The summed E-state index contributed by atoms with van der Waals surface area (Å²) < 4.78 is 32.5. The number of alkyl halides is 1. The summed E-state index contributed by atoms with van der Waals surface area (Å²) in [6.07, 6.45) is 0. The number of halogens is 3. The van der Waals surface area contributed by atoms with E-state index >= 15 is 0 Å². The highest BCUT2D eigenvalue weighted by molar-refractivity contribution is 9.08. The minimum absolute atomic E-state index is 0.310. The Balaban J connectivity index is 2.38. The van der Waals surface area contributed by atoms with E-state index in [1.807, 2.05) is 0 Å². The van der Waals surface area contributed by atoms with E-state index in [4.69, 9.17) is 4.74 Å². The van der Waals surface area contributed by atoms with E-state index in [0.29, 0.717) is 16.6 Å². The summed E-state index contributed by atoms with van der Waals surface area (Å²) in [5.41, 5.74) is 0.359. The molecule has 0 aliphatic rings. The van der Waals surface area contributed by atoms with Gasteiger partial charge in [0.05, 0.1) is 0 Å². The van der Waals surface area contributed by atoms with Crippen LogP contribution in [0, 0.1) is 11.6 Å². The molecule has 0 unspecified atom stereocenters. The van der Waals surface area contributed by atoms with Crippen molar-refractivity contribution in [3.8, 4) is 11.5 Å². The van der Waals surface area contributed by atoms with Crippen LogP contribution in [0.1, 0.15) is 5.56 Å². The molecule has 2 aromatic rings. The maximum atomic E-state index is 13.8. The fourth-order valence-corrected chi connectivity index (χ4v) is 1.81. The molecule has 1 nitrogen and oxygen atoms in total. The van der Waals surface area contributed by atoms with Gasteiger partial charge in [0.15, 0.2) is 17.4 Å². The normalized spacial score (nSPS) is 10.3. The monoisotopic (exact) mass is 298 g/mol. The minimum Gasteiger partial charge on any atom is -0.451 e. The molecular weight excluding hydrogens is 290 g/mol. The predicted octanol–water partition coefficient (Wildman–Crippen LogP) is 4.65.